The van der Waals surface area contributed by atoms with Gasteiger partial charge in [-0.15, -0.1) is 21.5 Å². The molecule has 3 rings (SSSR count). The van der Waals surface area contributed by atoms with Crippen LogP contribution in [0, 0.1) is 12.7 Å². The zero-order chi connectivity index (χ0) is 17.8. The summed E-state index contributed by atoms with van der Waals surface area (Å²) in [5, 5.41) is 10.2. The summed E-state index contributed by atoms with van der Waals surface area (Å²) in [6.07, 6.45) is 0. The lowest BCUT2D eigenvalue weighted by Crippen LogP contribution is -2.27. The van der Waals surface area contributed by atoms with E-state index in [0.717, 1.165) is 0 Å². The van der Waals surface area contributed by atoms with Gasteiger partial charge in [-0.3, -0.25) is 4.79 Å². The normalized spacial score (nSPS) is 10.8. The summed E-state index contributed by atoms with van der Waals surface area (Å²) in [7, 11) is 1.78. The van der Waals surface area contributed by atoms with Gasteiger partial charge >= 0.3 is 0 Å². The highest BCUT2D eigenvalue weighted by atomic mass is 32.2. The maximum atomic E-state index is 12.9. The number of halogens is 1. The molecule has 1 amide bonds. The van der Waals surface area contributed by atoms with E-state index < -0.39 is 0 Å². The minimum absolute atomic E-state index is 0.0145. The lowest BCUT2D eigenvalue weighted by atomic mass is 10.2. The Morgan fingerprint density at radius 2 is 2.04 bits per heavy atom. The van der Waals surface area contributed by atoms with Crippen molar-refractivity contribution in [3.63, 3.8) is 0 Å². The summed E-state index contributed by atoms with van der Waals surface area (Å²) in [6, 6.07) is 7.84. The van der Waals surface area contributed by atoms with Crippen LogP contribution in [0.3, 0.4) is 0 Å². The van der Waals surface area contributed by atoms with Gasteiger partial charge in [-0.05, 0) is 48.2 Å². The van der Waals surface area contributed by atoms with Crippen LogP contribution in [0.15, 0.2) is 45.4 Å². The molecule has 2 aromatic heterocycles. The third-order valence-corrected chi connectivity index (χ3v) is 5.40. The summed E-state index contributed by atoms with van der Waals surface area (Å²) >= 11 is 2.83. The van der Waals surface area contributed by atoms with E-state index in [9.17, 15) is 9.18 Å². The second-order valence-corrected chi connectivity index (χ2v) is 7.37. The van der Waals surface area contributed by atoms with E-state index in [2.05, 4.69) is 10.2 Å². The number of rotatable bonds is 6. The van der Waals surface area contributed by atoms with Gasteiger partial charge in [-0.2, -0.15) is 0 Å². The number of thioether (sulfide) groups is 1. The van der Waals surface area contributed by atoms with Gasteiger partial charge in [0.25, 0.3) is 5.22 Å². The SMILES string of the molecule is Cc1ccsc1CN(C)C(=O)CSc1nnc(-c2ccc(F)cc2)o1. The van der Waals surface area contributed by atoms with Crippen molar-refractivity contribution in [3.8, 4) is 11.5 Å². The maximum Gasteiger partial charge on any atom is 0.277 e. The van der Waals surface area contributed by atoms with Crippen molar-refractivity contribution in [2.45, 2.75) is 18.7 Å². The first-order chi connectivity index (χ1) is 12.0. The number of amides is 1. The van der Waals surface area contributed by atoms with E-state index >= 15 is 0 Å². The van der Waals surface area contributed by atoms with Crippen LogP contribution in [-0.2, 0) is 11.3 Å². The fraction of sp³-hybridized carbons (Fsp3) is 0.235. The quantitative estimate of drug-likeness (QED) is 0.608. The molecular formula is C17H16FN3O2S2. The Balaban J connectivity index is 1.55. The molecule has 8 heteroatoms. The van der Waals surface area contributed by atoms with Gasteiger partial charge in [0, 0.05) is 17.5 Å². The monoisotopic (exact) mass is 377 g/mol. The van der Waals surface area contributed by atoms with E-state index in [1.807, 2.05) is 18.4 Å². The van der Waals surface area contributed by atoms with Gasteiger partial charge in [-0.1, -0.05) is 11.8 Å². The van der Waals surface area contributed by atoms with Crippen LogP contribution < -0.4 is 0 Å². The minimum Gasteiger partial charge on any atom is -0.411 e. The number of thiophene rings is 1. The molecule has 0 saturated carbocycles. The number of nitrogens with zero attached hydrogens (tertiary/aromatic N) is 3. The van der Waals surface area contributed by atoms with E-state index in [0.29, 0.717) is 23.2 Å². The number of hydrogen-bond acceptors (Lipinski definition) is 6. The summed E-state index contributed by atoms with van der Waals surface area (Å²) in [5.41, 5.74) is 1.83. The summed E-state index contributed by atoms with van der Waals surface area (Å²) in [4.78, 5) is 15.1. The molecule has 25 heavy (non-hydrogen) atoms. The molecule has 3 aromatic rings. The second kappa shape index (κ2) is 7.79. The number of carbonyl (C=O) groups excluding carboxylic acids is 1. The Kier molecular flexibility index (Phi) is 5.50. The van der Waals surface area contributed by atoms with Crippen molar-refractivity contribution in [1.29, 1.82) is 0 Å². The first kappa shape index (κ1) is 17.6. The van der Waals surface area contributed by atoms with Crippen LogP contribution in [0.1, 0.15) is 10.4 Å². The molecule has 0 bridgehead atoms. The van der Waals surface area contributed by atoms with Gasteiger partial charge < -0.3 is 9.32 Å². The van der Waals surface area contributed by atoms with Crippen molar-refractivity contribution < 1.29 is 13.6 Å². The van der Waals surface area contributed by atoms with E-state index in [-0.39, 0.29) is 17.5 Å². The smallest absolute Gasteiger partial charge is 0.277 e. The molecule has 0 aliphatic rings. The van der Waals surface area contributed by atoms with Gasteiger partial charge in [0.15, 0.2) is 0 Å². The molecule has 2 heterocycles. The van der Waals surface area contributed by atoms with Crippen molar-refractivity contribution in [2.24, 2.45) is 0 Å². The van der Waals surface area contributed by atoms with Crippen molar-refractivity contribution in [1.82, 2.24) is 15.1 Å². The zero-order valence-electron chi connectivity index (χ0n) is 13.7. The zero-order valence-corrected chi connectivity index (χ0v) is 15.4. The Hall–Kier alpha value is -2.19. The van der Waals surface area contributed by atoms with E-state index in [1.54, 1.807) is 35.4 Å². The van der Waals surface area contributed by atoms with Crippen LogP contribution in [-0.4, -0.2) is 33.8 Å². The van der Waals surface area contributed by atoms with Crippen LogP contribution in [0.2, 0.25) is 0 Å². The molecule has 5 nitrogen and oxygen atoms in total. The van der Waals surface area contributed by atoms with Crippen LogP contribution in [0.4, 0.5) is 4.39 Å². The Morgan fingerprint density at radius 3 is 2.72 bits per heavy atom. The first-order valence-electron chi connectivity index (χ1n) is 7.52. The van der Waals surface area contributed by atoms with Crippen molar-refractivity contribution in [3.05, 3.63) is 52.0 Å². The number of carbonyl (C=O) groups is 1. The largest absolute Gasteiger partial charge is 0.411 e. The van der Waals surface area contributed by atoms with Crippen LogP contribution in [0.5, 0.6) is 0 Å². The minimum atomic E-state index is -0.326. The van der Waals surface area contributed by atoms with E-state index in [4.69, 9.17) is 4.42 Å². The highest BCUT2D eigenvalue weighted by molar-refractivity contribution is 7.99. The van der Waals surface area contributed by atoms with E-state index in [1.165, 1.54) is 34.3 Å². The van der Waals surface area contributed by atoms with Crippen LogP contribution in [0.25, 0.3) is 11.5 Å². The third-order valence-electron chi connectivity index (χ3n) is 3.59. The highest BCUT2D eigenvalue weighted by Crippen LogP contribution is 2.24. The molecule has 0 atom stereocenters. The molecule has 1 aromatic carbocycles. The Bertz CT molecular complexity index is 861. The van der Waals surface area contributed by atoms with Gasteiger partial charge in [0.2, 0.25) is 11.8 Å². The molecule has 0 spiro atoms. The molecule has 0 aliphatic carbocycles. The predicted molar refractivity (Wildman–Crippen MR) is 95.9 cm³/mol. The Labute approximate surface area is 152 Å². The van der Waals surface area contributed by atoms with Gasteiger partial charge in [0.05, 0.1) is 12.3 Å². The fourth-order valence-corrected chi connectivity index (χ4v) is 3.74. The molecule has 0 fully saturated rings. The lowest BCUT2D eigenvalue weighted by Gasteiger charge is -2.16. The molecule has 0 saturated heterocycles. The van der Waals surface area contributed by atoms with Crippen LogP contribution >= 0.6 is 23.1 Å². The standard InChI is InChI=1S/C17H16FN3O2S2/c1-11-7-8-24-14(11)9-21(2)15(22)10-25-17-20-19-16(23-17)12-3-5-13(18)6-4-12/h3-8H,9-10H2,1-2H3. The highest BCUT2D eigenvalue weighted by Gasteiger charge is 2.15. The molecular weight excluding hydrogens is 361 g/mol. The molecule has 0 N–H and O–H groups in total. The van der Waals surface area contributed by atoms with Crippen molar-refractivity contribution in [2.75, 3.05) is 12.8 Å². The predicted octanol–water partition coefficient (Wildman–Crippen LogP) is 4.00. The average Bonchev–Trinajstić information content (AvgIpc) is 3.23. The third kappa shape index (κ3) is 4.46. The average molecular weight is 377 g/mol. The summed E-state index contributed by atoms with van der Waals surface area (Å²) in [5.74, 6) is 0.177. The number of aryl methyl sites for hydroxylation is 1. The Morgan fingerprint density at radius 1 is 1.28 bits per heavy atom. The molecule has 0 unspecified atom stereocenters. The summed E-state index contributed by atoms with van der Waals surface area (Å²) < 4.78 is 18.5. The molecule has 0 radical (unpaired) electrons. The first-order valence-corrected chi connectivity index (χ1v) is 9.38. The molecule has 130 valence electrons. The number of aromatic nitrogens is 2. The maximum absolute atomic E-state index is 12.9. The van der Waals surface area contributed by atoms with Gasteiger partial charge in [-0.25, -0.2) is 4.39 Å². The van der Waals surface area contributed by atoms with Gasteiger partial charge in [0.1, 0.15) is 5.82 Å². The topological polar surface area (TPSA) is 59.2 Å². The molecule has 0 aliphatic heterocycles. The summed E-state index contributed by atoms with van der Waals surface area (Å²) in [6.45, 7) is 2.63. The number of hydrogen-bond donors (Lipinski definition) is 0. The lowest BCUT2D eigenvalue weighted by molar-refractivity contribution is -0.127. The number of benzene rings is 1. The fourth-order valence-electron chi connectivity index (χ4n) is 2.08. The van der Waals surface area contributed by atoms with Crippen molar-refractivity contribution >= 4 is 29.0 Å². The second-order valence-electron chi connectivity index (χ2n) is 5.45.